The number of hydrogen-bond acceptors (Lipinski definition) is 2. The minimum absolute atomic E-state index is 0.264. The molecule has 0 bridgehead atoms. The van der Waals surface area contributed by atoms with Gasteiger partial charge >= 0.3 is 6.18 Å². The van der Waals surface area contributed by atoms with Crippen molar-refractivity contribution in [2.75, 3.05) is 7.11 Å². The highest BCUT2D eigenvalue weighted by Gasteiger charge is 2.30. The fourth-order valence-electron chi connectivity index (χ4n) is 1.19. The van der Waals surface area contributed by atoms with Crippen LogP contribution in [-0.4, -0.2) is 13.3 Å². The van der Waals surface area contributed by atoms with Crippen LogP contribution in [0.1, 0.15) is 11.1 Å². The molecule has 0 saturated heterocycles. The maximum Gasteiger partial charge on any atom is 0.416 e. The molecule has 0 amide bonds. The van der Waals surface area contributed by atoms with Crippen molar-refractivity contribution in [3.05, 3.63) is 35.4 Å². The first-order valence-electron chi connectivity index (χ1n) is 4.38. The smallest absolute Gasteiger partial charge is 0.366 e. The van der Waals surface area contributed by atoms with Gasteiger partial charge in [0.1, 0.15) is 6.23 Å². The lowest BCUT2D eigenvalue weighted by molar-refractivity contribution is -0.137. The number of methoxy groups -OCH3 is 1. The van der Waals surface area contributed by atoms with E-state index in [2.05, 4.69) is 0 Å². The standard InChI is InChI=1S/C10H12F3NO/c1-15-9(14)6-7-3-2-4-8(5-7)10(11,12)13/h2-5,9H,6,14H2,1H3. The molecule has 0 saturated carbocycles. The molecule has 1 aromatic carbocycles. The Labute approximate surface area is 85.8 Å². The van der Waals surface area contributed by atoms with Crippen LogP contribution < -0.4 is 5.73 Å². The quantitative estimate of drug-likeness (QED) is 0.791. The molecule has 1 aromatic rings. The van der Waals surface area contributed by atoms with Crippen molar-refractivity contribution in [2.24, 2.45) is 5.73 Å². The largest absolute Gasteiger partial charge is 0.416 e. The second-order valence-electron chi connectivity index (χ2n) is 3.18. The molecule has 0 aliphatic rings. The lowest BCUT2D eigenvalue weighted by Gasteiger charge is -2.11. The van der Waals surface area contributed by atoms with Crippen LogP contribution >= 0.6 is 0 Å². The summed E-state index contributed by atoms with van der Waals surface area (Å²) >= 11 is 0. The number of halogens is 3. The van der Waals surface area contributed by atoms with Crippen molar-refractivity contribution in [3.8, 4) is 0 Å². The van der Waals surface area contributed by atoms with Gasteiger partial charge in [0.05, 0.1) is 5.56 Å². The van der Waals surface area contributed by atoms with Gasteiger partial charge in [-0.25, -0.2) is 0 Å². The fourth-order valence-corrected chi connectivity index (χ4v) is 1.19. The average molecular weight is 219 g/mol. The Kier molecular flexibility index (Phi) is 3.71. The van der Waals surface area contributed by atoms with Gasteiger partial charge in [-0.1, -0.05) is 18.2 Å². The highest BCUT2D eigenvalue weighted by atomic mass is 19.4. The normalized spacial score (nSPS) is 13.9. The average Bonchev–Trinajstić information content (AvgIpc) is 2.17. The third kappa shape index (κ3) is 3.53. The molecule has 1 atom stereocenters. The van der Waals surface area contributed by atoms with Crippen LogP contribution in [0.25, 0.3) is 0 Å². The zero-order chi connectivity index (χ0) is 11.5. The van der Waals surface area contributed by atoms with Gasteiger partial charge in [-0.05, 0) is 11.6 Å². The maximum absolute atomic E-state index is 12.3. The summed E-state index contributed by atoms with van der Waals surface area (Å²) in [6.45, 7) is 0. The van der Waals surface area contributed by atoms with Crippen LogP contribution in [0.4, 0.5) is 13.2 Å². The minimum Gasteiger partial charge on any atom is -0.366 e. The SMILES string of the molecule is COC(N)Cc1cccc(C(F)(F)F)c1. The van der Waals surface area contributed by atoms with E-state index in [0.29, 0.717) is 5.56 Å². The monoisotopic (exact) mass is 219 g/mol. The van der Waals surface area contributed by atoms with Gasteiger partial charge < -0.3 is 10.5 Å². The summed E-state index contributed by atoms with van der Waals surface area (Å²) in [5.41, 5.74) is 5.31. The van der Waals surface area contributed by atoms with Gasteiger partial charge in [0.25, 0.3) is 0 Å². The predicted molar refractivity (Wildman–Crippen MR) is 50.1 cm³/mol. The van der Waals surface area contributed by atoms with Crippen LogP contribution in [0.2, 0.25) is 0 Å². The summed E-state index contributed by atoms with van der Waals surface area (Å²) in [6.07, 6.45) is -4.62. The van der Waals surface area contributed by atoms with Gasteiger partial charge in [-0.2, -0.15) is 13.2 Å². The van der Waals surface area contributed by atoms with Crippen molar-refractivity contribution in [1.29, 1.82) is 0 Å². The molecule has 5 heteroatoms. The summed E-state index contributed by atoms with van der Waals surface area (Å²) < 4.78 is 41.8. The van der Waals surface area contributed by atoms with Crippen molar-refractivity contribution < 1.29 is 17.9 Å². The third-order valence-electron chi connectivity index (χ3n) is 1.99. The molecule has 0 fully saturated rings. The van der Waals surface area contributed by atoms with Crippen molar-refractivity contribution in [3.63, 3.8) is 0 Å². The van der Waals surface area contributed by atoms with Gasteiger partial charge in [-0.15, -0.1) is 0 Å². The molecule has 0 aliphatic carbocycles. The highest BCUT2D eigenvalue weighted by Crippen LogP contribution is 2.29. The minimum atomic E-state index is -4.31. The fraction of sp³-hybridized carbons (Fsp3) is 0.400. The first-order chi connectivity index (χ1) is 6.93. The number of alkyl halides is 3. The molecule has 2 N–H and O–H groups in total. The molecular weight excluding hydrogens is 207 g/mol. The Balaban J connectivity index is 2.84. The lowest BCUT2D eigenvalue weighted by atomic mass is 10.1. The number of rotatable bonds is 3. The van der Waals surface area contributed by atoms with Crippen LogP contribution in [0, 0.1) is 0 Å². The highest BCUT2D eigenvalue weighted by molar-refractivity contribution is 5.26. The van der Waals surface area contributed by atoms with E-state index >= 15 is 0 Å². The zero-order valence-corrected chi connectivity index (χ0v) is 8.21. The number of hydrogen-bond donors (Lipinski definition) is 1. The van der Waals surface area contributed by atoms with Crippen LogP contribution in [-0.2, 0) is 17.3 Å². The molecule has 2 nitrogen and oxygen atoms in total. The molecule has 15 heavy (non-hydrogen) atoms. The van der Waals surface area contributed by atoms with Crippen molar-refractivity contribution in [2.45, 2.75) is 18.8 Å². The summed E-state index contributed by atoms with van der Waals surface area (Å²) in [6, 6.07) is 5.06. The molecule has 1 rings (SSSR count). The lowest BCUT2D eigenvalue weighted by Crippen LogP contribution is -2.24. The predicted octanol–water partition coefficient (Wildman–Crippen LogP) is 2.18. The van der Waals surface area contributed by atoms with Crippen molar-refractivity contribution >= 4 is 0 Å². The summed E-state index contributed by atoms with van der Waals surface area (Å²) in [4.78, 5) is 0. The maximum atomic E-state index is 12.3. The molecule has 0 heterocycles. The molecule has 0 aromatic heterocycles. The molecular formula is C10H12F3NO. The van der Waals surface area contributed by atoms with E-state index < -0.39 is 18.0 Å². The number of benzene rings is 1. The molecule has 84 valence electrons. The summed E-state index contributed by atoms with van der Waals surface area (Å²) in [5, 5.41) is 0. The molecule has 0 radical (unpaired) electrons. The molecule has 0 aliphatic heterocycles. The van der Waals surface area contributed by atoms with Gasteiger partial charge in [0.2, 0.25) is 0 Å². The van der Waals surface area contributed by atoms with E-state index in [1.807, 2.05) is 0 Å². The Morgan fingerprint density at radius 1 is 1.40 bits per heavy atom. The Hall–Kier alpha value is -1.07. The van der Waals surface area contributed by atoms with Crippen LogP contribution in [0.3, 0.4) is 0 Å². The van der Waals surface area contributed by atoms with Gasteiger partial charge in [0.15, 0.2) is 0 Å². The van der Waals surface area contributed by atoms with Crippen molar-refractivity contribution in [1.82, 2.24) is 0 Å². The summed E-state index contributed by atoms with van der Waals surface area (Å²) in [7, 11) is 1.41. The Morgan fingerprint density at radius 2 is 2.07 bits per heavy atom. The molecule has 0 spiro atoms. The zero-order valence-electron chi connectivity index (χ0n) is 8.21. The van der Waals surface area contributed by atoms with Crippen LogP contribution in [0.15, 0.2) is 24.3 Å². The van der Waals surface area contributed by atoms with E-state index in [4.69, 9.17) is 10.5 Å². The first kappa shape index (κ1) is 12.0. The van der Waals surface area contributed by atoms with Gasteiger partial charge in [-0.3, -0.25) is 0 Å². The summed E-state index contributed by atoms with van der Waals surface area (Å²) in [5.74, 6) is 0. The van der Waals surface area contributed by atoms with Gasteiger partial charge in [0, 0.05) is 13.5 Å². The second kappa shape index (κ2) is 4.63. The second-order valence-corrected chi connectivity index (χ2v) is 3.18. The molecule has 1 unspecified atom stereocenters. The van der Waals surface area contributed by atoms with E-state index in [1.165, 1.54) is 13.2 Å². The third-order valence-corrected chi connectivity index (χ3v) is 1.99. The van der Waals surface area contributed by atoms with E-state index in [1.54, 1.807) is 6.07 Å². The number of nitrogens with two attached hydrogens (primary N) is 1. The number of ether oxygens (including phenoxy) is 1. The first-order valence-corrected chi connectivity index (χ1v) is 4.38. The van der Waals surface area contributed by atoms with E-state index in [-0.39, 0.29) is 6.42 Å². The topological polar surface area (TPSA) is 35.2 Å². The Morgan fingerprint density at radius 3 is 2.60 bits per heavy atom. The van der Waals surface area contributed by atoms with Crippen LogP contribution in [0.5, 0.6) is 0 Å². The van der Waals surface area contributed by atoms with E-state index in [9.17, 15) is 13.2 Å². The Bertz CT molecular complexity index is 325. The van der Waals surface area contributed by atoms with E-state index in [0.717, 1.165) is 12.1 Å².